The van der Waals surface area contributed by atoms with Gasteiger partial charge in [0.1, 0.15) is 0 Å². The second-order valence-corrected chi connectivity index (χ2v) is 4.86. The number of carbonyl (C=O) groups is 1. The van der Waals surface area contributed by atoms with E-state index in [4.69, 9.17) is 5.11 Å². The average Bonchev–Trinajstić information content (AvgIpc) is 2.18. The Bertz CT molecular complexity index is 221. The fourth-order valence-corrected chi connectivity index (χ4v) is 3.01. The molecule has 3 nitrogen and oxygen atoms in total. The molecule has 0 aromatic heterocycles. The first-order valence-electron chi connectivity index (χ1n) is 5.62. The lowest BCUT2D eigenvalue weighted by molar-refractivity contribution is -0.139. The SMILES string of the molecule is C[C@@H](CC(=O)O)C1CC2CCN1CC2. The molecule has 3 aliphatic rings. The smallest absolute Gasteiger partial charge is 0.303 e. The predicted octanol–water partition coefficient (Wildman–Crippen LogP) is 1.58. The van der Waals surface area contributed by atoms with Crippen LogP contribution < -0.4 is 0 Å². The van der Waals surface area contributed by atoms with Crippen LogP contribution in [-0.4, -0.2) is 35.1 Å². The highest BCUT2D eigenvalue weighted by atomic mass is 16.4. The number of piperidine rings is 3. The zero-order chi connectivity index (χ0) is 10.1. The zero-order valence-corrected chi connectivity index (χ0v) is 8.78. The van der Waals surface area contributed by atoms with E-state index in [1.807, 2.05) is 0 Å². The monoisotopic (exact) mass is 197 g/mol. The Morgan fingerprint density at radius 3 is 2.57 bits per heavy atom. The summed E-state index contributed by atoms with van der Waals surface area (Å²) in [5.74, 6) is 0.539. The van der Waals surface area contributed by atoms with Gasteiger partial charge in [-0.1, -0.05) is 6.92 Å². The second-order valence-electron chi connectivity index (χ2n) is 4.86. The molecule has 0 aromatic rings. The Balaban J connectivity index is 1.94. The van der Waals surface area contributed by atoms with Gasteiger partial charge in [0.25, 0.3) is 0 Å². The molecule has 80 valence electrons. The van der Waals surface area contributed by atoms with E-state index in [1.165, 1.54) is 32.4 Å². The highest BCUT2D eigenvalue weighted by Gasteiger charge is 2.36. The van der Waals surface area contributed by atoms with Gasteiger partial charge in [-0.25, -0.2) is 0 Å². The summed E-state index contributed by atoms with van der Waals surface area (Å²) in [5.41, 5.74) is 0. The van der Waals surface area contributed by atoms with Crippen LogP contribution in [0.4, 0.5) is 0 Å². The van der Waals surface area contributed by atoms with E-state index < -0.39 is 5.97 Å². The van der Waals surface area contributed by atoms with Crippen molar-refractivity contribution in [1.29, 1.82) is 0 Å². The highest BCUT2D eigenvalue weighted by Crippen LogP contribution is 2.35. The lowest BCUT2D eigenvalue weighted by Crippen LogP contribution is -2.51. The first kappa shape index (κ1) is 9.97. The summed E-state index contributed by atoms with van der Waals surface area (Å²) in [4.78, 5) is 13.1. The van der Waals surface area contributed by atoms with Crippen molar-refractivity contribution in [3.8, 4) is 0 Å². The minimum atomic E-state index is -0.653. The number of hydrogen-bond acceptors (Lipinski definition) is 2. The van der Waals surface area contributed by atoms with Crippen molar-refractivity contribution in [2.24, 2.45) is 11.8 Å². The van der Waals surface area contributed by atoms with Gasteiger partial charge < -0.3 is 10.0 Å². The average molecular weight is 197 g/mol. The van der Waals surface area contributed by atoms with Gasteiger partial charge in [-0.2, -0.15) is 0 Å². The molecule has 3 rings (SSSR count). The van der Waals surface area contributed by atoms with Gasteiger partial charge in [0, 0.05) is 12.5 Å². The number of hydrogen-bond donors (Lipinski definition) is 1. The van der Waals surface area contributed by atoms with Crippen LogP contribution in [0, 0.1) is 11.8 Å². The van der Waals surface area contributed by atoms with Crippen LogP contribution in [-0.2, 0) is 4.79 Å². The number of carboxylic acids is 1. The lowest BCUT2D eigenvalue weighted by Gasteiger charge is -2.47. The van der Waals surface area contributed by atoms with Gasteiger partial charge >= 0.3 is 5.97 Å². The van der Waals surface area contributed by atoms with E-state index in [-0.39, 0.29) is 0 Å². The summed E-state index contributed by atoms with van der Waals surface area (Å²) in [6.45, 7) is 4.47. The van der Waals surface area contributed by atoms with Crippen LogP contribution in [0.2, 0.25) is 0 Å². The normalized spacial score (nSPS) is 38.2. The molecule has 2 atom stereocenters. The van der Waals surface area contributed by atoms with E-state index >= 15 is 0 Å². The standard InChI is InChI=1S/C11H19NO2/c1-8(6-11(13)14)10-7-9-2-4-12(10)5-3-9/h8-10H,2-7H2,1H3,(H,13,14)/t8-,10?/m0/s1. The third kappa shape index (κ3) is 1.92. The molecular formula is C11H19NO2. The third-order valence-electron chi connectivity index (χ3n) is 3.85. The molecule has 14 heavy (non-hydrogen) atoms. The van der Waals surface area contributed by atoms with Crippen LogP contribution in [0.25, 0.3) is 0 Å². The molecule has 3 heteroatoms. The van der Waals surface area contributed by atoms with E-state index in [2.05, 4.69) is 11.8 Å². The van der Waals surface area contributed by atoms with Gasteiger partial charge in [0.2, 0.25) is 0 Å². The minimum absolute atomic E-state index is 0.315. The number of rotatable bonds is 3. The van der Waals surface area contributed by atoms with E-state index in [9.17, 15) is 4.79 Å². The van der Waals surface area contributed by atoms with Crippen molar-refractivity contribution >= 4 is 5.97 Å². The Morgan fingerprint density at radius 1 is 1.50 bits per heavy atom. The lowest BCUT2D eigenvalue weighted by atomic mass is 9.78. The summed E-state index contributed by atoms with van der Waals surface area (Å²) >= 11 is 0. The summed E-state index contributed by atoms with van der Waals surface area (Å²) in [6.07, 6.45) is 4.22. The first-order chi connectivity index (χ1) is 6.66. The molecule has 3 saturated heterocycles. The van der Waals surface area contributed by atoms with Gasteiger partial charge in [-0.15, -0.1) is 0 Å². The van der Waals surface area contributed by atoms with Crippen LogP contribution in [0.1, 0.15) is 32.6 Å². The van der Waals surface area contributed by atoms with Crippen molar-refractivity contribution in [2.75, 3.05) is 13.1 Å². The highest BCUT2D eigenvalue weighted by molar-refractivity contribution is 5.67. The molecule has 3 fully saturated rings. The van der Waals surface area contributed by atoms with Crippen LogP contribution in [0.3, 0.4) is 0 Å². The Hall–Kier alpha value is -0.570. The van der Waals surface area contributed by atoms with Gasteiger partial charge in [-0.3, -0.25) is 4.79 Å². The minimum Gasteiger partial charge on any atom is -0.481 e. The molecule has 3 heterocycles. The van der Waals surface area contributed by atoms with Crippen molar-refractivity contribution in [2.45, 2.75) is 38.6 Å². The van der Waals surface area contributed by atoms with Crippen molar-refractivity contribution in [1.82, 2.24) is 4.90 Å². The molecule has 0 radical (unpaired) electrons. The Morgan fingerprint density at radius 2 is 2.14 bits per heavy atom. The van der Waals surface area contributed by atoms with Crippen molar-refractivity contribution < 1.29 is 9.90 Å². The maximum absolute atomic E-state index is 10.6. The topological polar surface area (TPSA) is 40.5 Å². The third-order valence-corrected chi connectivity index (χ3v) is 3.85. The van der Waals surface area contributed by atoms with Gasteiger partial charge in [-0.05, 0) is 44.2 Å². The maximum atomic E-state index is 10.6. The summed E-state index contributed by atoms with van der Waals surface area (Å²) in [7, 11) is 0. The molecule has 0 aliphatic carbocycles. The first-order valence-corrected chi connectivity index (χ1v) is 5.62. The molecule has 1 unspecified atom stereocenters. The molecule has 0 aromatic carbocycles. The maximum Gasteiger partial charge on any atom is 0.303 e. The largest absolute Gasteiger partial charge is 0.481 e. The summed E-state index contributed by atoms with van der Waals surface area (Å²) in [5, 5.41) is 8.77. The van der Waals surface area contributed by atoms with E-state index in [0.717, 1.165) is 5.92 Å². The second kappa shape index (κ2) is 3.89. The van der Waals surface area contributed by atoms with E-state index in [0.29, 0.717) is 18.4 Å². The number of carboxylic acid groups (broad SMARTS) is 1. The molecular weight excluding hydrogens is 178 g/mol. The molecule has 0 saturated carbocycles. The van der Waals surface area contributed by atoms with Crippen LogP contribution in [0.15, 0.2) is 0 Å². The summed E-state index contributed by atoms with van der Waals surface area (Å²) in [6, 6.07) is 0.540. The zero-order valence-electron chi connectivity index (χ0n) is 8.78. The number of nitrogens with zero attached hydrogens (tertiary/aromatic N) is 1. The fourth-order valence-electron chi connectivity index (χ4n) is 3.01. The van der Waals surface area contributed by atoms with Gasteiger partial charge in [0.15, 0.2) is 0 Å². The molecule has 0 spiro atoms. The predicted molar refractivity (Wildman–Crippen MR) is 54.1 cm³/mol. The molecule has 1 N–H and O–H groups in total. The number of aliphatic carboxylic acids is 1. The van der Waals surface area contributed by atoms with Gasteiger partial charge in [0.05, 0.1) is 0 Å². The van der Waals surface area contributed by atoms with Crippen molar-refractivity contribution in [3.63, 3.8) is 0 Å². The van der Waals surface area contributed by atoms with Crippen LogP contribution in [0.5, 0.6) is 0 Å². The molecule has 0 amide bonds. The molecule has 3 aliphatic heterocycles. The summed E-state index contributed by atoms with van der Waals surface area (Å²) < 4.78 is 0. The van der Waals surface area contributed by atoms with Crippen LogP contribution >= 0.6 is 0 Å². The molecule has 2 bridgehead atoms. The van der Waals surface area contributed by atoms with E-state index in [1.54, 1.807) is 0 Å². The number of fused-ring (bicyclic) bond motifs is 3. The Labute approximate surface area is 85.1 Å². The van der Waals surface area contributed by atoms with Crippen molar-refractivity contribution in [3.05, 3.63) is 0 Å². The Kier molecular flexibility index (Phi) is 2.77. The quantitative estimate of drug-likeness (QED) is 0.746. The fraction of sp³-hybridized carbons (Fsp3) is 0.909.